The summed E-state index contributed by atoms with van der Waals surface area (Å²) in [7, 11) is 0. The van der Waals surface area contributed by atoms with Crippen LogP contribution in [0.5, 0.6) is 0 Å². The number of imidazole rings is 1. The van der Waals surface area contributed by atoms with Crippen LogP contribution < -0.4 is 0 Å². The third-order valence-corrected chi connectivity index (χ3v) is 4.48. The van der Waals surface area contributed by atoms with E-state index >= 15 is 0 Å². The highest BCUT2D eigenvalue weighted by atomic mass is 19.1. The lowest BCUT2D eigenvalue weighted by Crippen LogP contribution is -2.17. The molecule has 1 saturated carbocycles. The summed E-state index contributed by atoms with van der Waals surface area (Å²) in [6.07, 6.45) is 3.08. The molecule has 0 spiro atoms. The molecule has 0 unspecified atom stereocenters. The van der Waals surface area contributed by atoms with E-state index in [1.807, 2.05) is 37.3 Å². The van der Waals surface area contributed by atoms with Crippen LogP contribution in [-0.4, -0.2) is 21.3 Å². The fourth-order valence-electron chi connectivity index (χ4n) is 3.05. The zero-order valence-electron chi connectivity index (χ0n) is 14.2. The Morgan fingerprint density at radius 1 is 1.28 bits per heavy atom. The molecule has 130 valence electrons. The van der Waals surface area contributed by atoms with Crippen LogP contribution in [0, 0.1) is 5.95 Å². The van der Waals surface area contributed by atoms with Crippen LogP contribution in [-0.2, 0) is 9.53 Å². The van der Waals surface area contributed by atoms with Crippen molar-refractivity contribution in [3.63, 3.8) is 0 Å². The minimum atomic E-state index is -0.886. The van der Waals surface area contributed by atoms with Crippen LogP contribution in [0.2, 0.25) is 0 Å². The Bertz CT molecular complexity index is 840. The van der Waals surface area contributed by atoms with E-state index in [9.17, 15) is 14.0 Å². The van der Waals surface area contributed by atoms with E-state index in [-0.39, 0.29) is 23.3 Å². The lowest BCUT2D eigenvalue weighted by atomic mass is 10.1. The average Bonchev–Trinajstić information content (AvgIpc) is 3.20. The maximum atomic E-state index is 14.1. The first kappa shape index (κ1) is 17.1. The molecular formula is C19H19FN2O3. The van der Waals surface area contributed by atoms with E-state index in [1.165, 1.54) is 10.9 Å². The number of hydrogen-bond acceptors (Lipinski definition) is 4. The van der Waals surface area contributed by atoms with Gasteiger partial charge in [0, 0.05) is 12.0 Å². The smallest absolute Gasteiger partial charge is 0.364 e. The Labute approximate surface area is 145 Å². The predicted octanol–water partition coefficient (Wildman–Crippen LogP) is 3.82. The molecular weight excluding hydrogens is 323 g/mol. The second kappa shape index (κ2) is 7.01. The number of esters is 1. The zero-order valence-corrected chi connectivity index (χ0v) is 14.2. The van der Waals surface area contributed by atoms with Crippen LogP contribution >= 0.6 is 0 Å². The summed E-state index contributed by atoms with van der Waals surface area (Å²) in [6.45, 7) is 3.41. The van der Waals surface area contributed by atoms with Crippen LogP contribution in [0.1, 0.15) is 55.2 Å². The number of Topliss-reactive ketones (excluding diaryl/α,β-unsaturated/α-hetero) is 1. The molecule has 25 heavy (non-hydrogen) atoms. The summed E-state index contributed by atoms with van der Waals surface area (Å²) in [6, 6.07) is 9.12. The van der Waals surface area contributed by atoms with Gasteiger partial charge in [0.2, 0.25) is 5.95 Å². The van der Waals surface area contributed by atoms with Crippen molar-refractivity contribution in [1.82, 2.24) is 9.55 Å². The normalized spacial score (nSPS) is 17.5. The van der Waals surface area contributed by atoms with Crippen molar-refractivity contribution in [2.24, 2.45) is 0 Å². The number of aromatic nitrogens is 2. The fraction of sp³-hybridized carbons (Fsp3) is 0.316. The first-order valence-corrected chi connectivity index (χ1v) is 8.21. The van der Waals surface area contributed by atoms with E-state index in [4.69, 9.17) is 4.74 Å². The number of carbonyl (C=O) groups excluding carboxylic acids is 2. The monoisotopic (exact) mass is 342 g/mol. The second-order valence-corrected chi connectivity index (χ2v) is 6.08. The summed E-state index contributed by atoms with van der Waals surface area (Å²) in [5, 5.41) is 0. The topological polar surface area (TPSA) is 61.2 Å². The summed E-state index contributed by atoms with van der Waals surface area (Å²) < 4.78 is 20.8. The Balaban J connectivity index is 1.89. The van der Waals surface area contributed by atoms with Crippen molar-refractivity contribution in [1.29, 1.82) is 0 Å². The number of nitrogens with zero attached hydrogens (tertiary/aromatic N) is 2. The average molecular weight is 342 g/mol. The maximum Gasteiger partial charge on any atom is 0.364 e. The third kappa shape index (κ3) is 3.38. The minimum absolute atomic E-state index is 0.0167. The van der Waals surface area contributed by atoms with E-state index in [0.717, 1.165) is 12.0 Å². The Kier molecular flexibility index (Phi) is 4.79. The van der Waals surface area contributed by atoms with Gasteiger partial charge in [0.05, 0.1) is 12.4 Å². The van der Waals surface area contributed by atoms with E-state index in [0.29, 0.717) is 18.4 Å². The molecule has 2 aromatic rings. The molecule has 0 radical (unpaired) electrons. The number of ether oxygens (including phenoxy) is 1. The summed E-state index contributed by atoms with van der Waals surface area (Å²) in [5.74, 6) is -1.50. The van der Waals surface area contributed by atoms with Gasteiger partial charge in [-0.05, 0) is 32.3 Å². The lowest BCUT2D eigenvalue weighted by Gasteiger charge is -2.16. The molecule has 1 aromatic heterocycles. The SMILES string of the molecule is C/C(OC(=O)c1c(F)ncn1[C@H](C)c1ccccc1)=C1\CCCC1=O. The molecule has 0 bridgehead atoms. The van der Waals surface area contributed by atoms with E-state index in [1.54, 1.807) is 6.92 Å². The van der Waals surface area contributed by atoms with Crippen molar-refractivity contribution in [2.45, 2.75) is 39.2 Å². The van der Waals surface area contributed by atoms with Gasteiger partial charge in [0.1, 0.15) is 5.76 Å². The number of benzene rings is 1. The molecule has 5 nitrogen and oxygen atoms in total. The van der Waals surface area contributed by atoms with Crippen LogP contribution in [0.4, 0.5) is 4.39 Å². The van der Waals surface area contributed by atoms with Gasteiger partial charge in [-0.15, -0.1) is 0 Å². The molecule has 1 aliphatic carbocycles. The van der Waals surface area contributed by atoms with Gasteiger partial charge in [-0.2, -0.15) is 4.39 Å². The number of rotatable bonds is 4. The van der Waals surface area contributed by atoms with Gasteiger partial charge >= 0.3 is 5.97 Å². The number of carbonyl (C=O) groups is 2. The van der Waals surface area contributed by atoms with Crippen LogP contribution in [0.15, 0.2) is 48.0 Å². The van der Waals surface area contributed by atoms with Gasteiger partial charge in [0.15, 0.2) is 11.5 Å². The van der Waals surface area contributed by atoms with Gasteiger partial charge in [0.25, 0.3) is 0 Å². The number of allylic oxidation sites excluding steroid dienone is 2. The van der Waals surface area contributed by atoms with Crippen molar-refractivity contribution >= 4 is 11.8 Å². The van der Waals surface area contributed by atoms with E-state index < -0.39 is 11.9 Å². The molecule has 0 N–H and O–H groups in total. The van der Waals surface area contributed by atoms with Gasteiger partial charge in [-0.1, -0.05) is 30.3 Å². The van der Waals surface area contributed by atoms with Gasteiger partial charge in [-0.25, -0.2) is 9.78 Å². The molecule has 1 aromatic carbocycles. The molecule has 6 heteroatoms. The lowest BCUT2D eigenvalue weighted by molar-refractivity contribution is -0.114. The van der Waals surface area contributed by atoms with Crippen molar-refractivity contribution in [2.75, 3.05) is 0 Å². The molecule has 1 atom stereocenters. The maximum absolute atomic E-state index is 14.1. The largest absolute Gasteiger partial charge is 0.426 e. The quantitative estimate of drug-likeness (QED) is 0.481. The standard InChI is InChI=1S/C19H19FN2O3/c1-12(14-7-4-3-5-8-14)22-11-21-18(20)17(22)19(24)25-13(2)15-9-6-10-16(15)23/h3-5,7-8,11-12H,6,9-10H2,1-2H3/b15-13-/t12-/m1/s1. The molecule has 3 rings (SSSR count). The molecule has 0 amide bonds. The molecule has 1 heterocycles. The highest BCUT2D eigenvalue weighted by Crippen LogP contribution is 2.26. The summed E-state index contributed by atoms with van der Waals surface area (Å²) in [4.78, 5) is 27.9. The van der Waals surface area contributed by atoms with Crippen LogP contribution in [0.25, 0.3) is 0 Å². The van der Waals surface area contributed by atoms with Crippen LogP contribution in [0.3, 0.4) is 0 Å². The summed E-state index contributed by atoms with van der Waals surface area (Å²) >= 11 is 0. The highest BCUT2D eigenvalue weighted by molar-refractivity contribution is 5.98. The van der Waals surface area contributed by atoms with Gasteiger partial charge in [-0.3, -0.25) is 4.79 Å². The predicted molar refractivity (Wildman–Crippen MR) is 89.4 cm³/mol. The third-order valence-electron chi connectivity index (χ3n) is 4.48. The zero-order chi connectivity index (χ0) is 18.0. The Hall–Kier alpha value is -2.76. The van der Waals surface area contributed by atoms with Crippen molar-refractivity contribution in [3.05, 3.63) is 65.2 Å². The Morgan fingerprint density at radius 2 is 2.00 bits per heavy atom. The number of hydrogen-bond donors (Lipinski definition) is 0. The minimum Gasteiger partial charge on any atom is -0.426 e. The number of halogens is 1. The molecule has 0 aliphatic heterocycles. The first-order valence-electron chi connectivity index (χ1n) is 8.21. The molecule has 1 aliphatic rings. The highest BCUT2D eigenvalue weighted by Gasteiger charge is 2.27. The first-order chi connectivity index (χ1) is 12.0. The molecule has 1 fully saturated rings. The van der Waals surface area contributed by atoms with Crippen molar-refractivity contribution < 1.29 is 18.7 Å². The number of ketones is 1. The summed E-state index contributed by atoms with van der Waals surface area (Å²) in [5.41, 5.74) is 1.17. The van der Waals surface area contributed by atoms with Crippen molar-refractivity contribution in [3.8, 4) is 0 Å². The van der Waals surface area contributed by atoms with E-state index in [2.05, 4.69) is 4.98 Å². The second-order valence-electron chi connectivity index (χ2n) is 6.08. The van der Waals surface area contributed by atoms with Gasteiger partial charge < -0.3 is 9.30 Å². The Morgan fingerprint density at radius 3 is 2.64 bits per heavy atom. The molecule has 0 saturated heterocycles. The fourth-order valence-corrected chi connectivity index (χ4v) is 3.05.